The minimum Gasteiger partial charge on any atom is -0.383 e. The molecule has 0 bridgehead atoms. The molecule has 138 valence electrons. The molecule has 1 aromatic rings. The molecular weight excluding hydrogens is 340 g/mol. The number of carbonyl (C=O) groups excluding carboxylic acids is 1. The van der Waals surface area contributed by atoms with E-state index in [1.165, 1.54) is 0 Å². The molecule has 6 heteroatoms. The molecule has 0 aromatic heterocycles. The van der Waals surface area contributed by atoms with Crippen molar-refractivity contribution in [2.45, 2.75) is 18.9 Å². The highest BCUT2D eigenvalue weighted by molar-refractivity contribution is 6.30. The zero-order chi connectivity index (χ0) is 17.6. The number of likely N-dealkylation sites (tertiary alicyclic amines) is 1. The first kappa shape index (κ1) is 18.6. The Bertz CT molecular complexity index is 558. The van der Waals surface area contributed by atoms with Crippen LogP contribution in [0.2, 0.25) is 5.02 Å². The van der Waals surface area contributed by atoms with Crippen LogP contribution in [0.25, 0.3) is 0 Å². The van der Waals surface area contributed by atoms with Gasteiger partial charge in [0.15, 0.2) is 0 Å². The monoisotopic (exact) mass is 366 g/mol. The number of hydrogen-bond acceptors (Lipinski definition) is 4. The molecule has 2 fully saturated rings. The average Bonchev–Trinajstić information content (AvgIpc) is 2.67. The van der Waals surface area contributed by atoms with E-state index in [2.05, 4.69) is 4.90 Å². The third-order valence-corrected chi connectivity index (χ3v) is 5.42. The van der Waals surface area contributed by atoms with E-state index < -0.39 is 0 Å². The Kier molecular flexibility index (Phi) is 6.70. The van der Waals surface area contributed by atoms with Crippen LogP contribution in [-0.2, 0) is 14.3 Å². The lowest BCUT2D eigenvalue weighted by Gasteiger charge is -2.38. The molecule has 3 rings (SSSR count). The smallest absolute Gasteiger partial charge is 0.225 e. The Labute approximate surface area is 154 Å². The highest BCUT2D eigenvalue weighted by Crippen LogP contribution is 2.26. The number of piperidine rings is 1. The van der Waals surface area contributed by atoms with Gasteiger partial charge < -0.3 is 19.3 Å². The van der Waals surface area contributed by atoms with Crippen molar-refractivity contribution in [1.82, 2.24) is 9.80 Å². The van der Waals surface area contributed by atoms with Gasteiger partial charge in [0.1, 0.15) is 6.10 Å². The predicted octanol–water partition coefficient (Wildman–Crippen LogP) is 2.60. The molecular formula is C19H27ClN2O3. The summed E-state index contributed by atoms with van der Waals surface area (Å²) in [5.41, 5.74) is 1.08. The van der Waals surface area contributed by atoms with Gasteiger partial charge in [-0.3, -0.25) is 4.79 Å². The summed E-state index contributed by atoms with van der Waals surface area (Å²) in [6.45, 7) is 5.57. The largest absolute Gasteiger partial charge is 0.383 e. The summed E-state index contributed by atoms with van der Waals surface area (Å²) in [7, 11) is 1.73. The van der Waals surface area contributed by atoms with Crippen LogP contribution in [0.15, 0.2) is 24.3 Å². The van der Waals surface area contributed by atoms with Crippen LogP contribution < -0.4 is 0 Å². The van der Waals surface area contributed by atoms with E-state index in [-0.39, 0.29) is 17.9 Å². The van der Waals surface area contributed by atoms with Gasteiger partial charge in [-0.05, 0) is 43.6 Å². The average molecular weight is 367 g/mol. The van der Waals surface area contributed by atoms with E-state index in [0.29, 0.717) is 24.7 Å². The van der Waals surface area contributed by atoms with E-state index in [1.807, 2.05) is 29.2 Å². The van der Waals surface area contributed by atoms with E-state index in [9.17, 15) is 4.79 Å². The van der Waals surface area contributed by atoms with Crippen LogP contribution in [0.4, 0.5) is 0 Å². The Morgan fingerprint density at radius 2 is 1.96 bits per heavy atom. The second-order valence-electron chi connectivity index (χ2n) is 6.80. The summed E-state index contributed by atoms with van der Waals surface area (Å²) in [5, 5.41) is 0.715. The number of nitrogens with zero attached hydrogens (tertiary/aromatic N) is 2. The lowest BCUT2D eigenvalue weighted by Crippen LogP contribution is -2.47. The van der Waals surface area contributed by atoms with E-state index in [4.69, 9.17) is 21.1 Å². The zero-order valence-electron chi connectivity index (χ0n) is 14.8. The highest BCUT2D eigenvalue weighted by Gasteiger charge is 2.32. The molecule has 0 saturated carbocycles. The second-order valence-corrected chi connectivity index (χ2v) is 7.24. The minimum absolute atomic E-state index is 0.0586. The molecule has 0 aliphatic carbocycles. The Morgan fingerprint density at radius 3 is 2.64 bits per heavy atom. The van der Waals surface area contributed by atoms with Gasteiger partial charge in [0.25, 0.3) is 0 Å². The van der Waals surface area contributed by atoms with Crippen LogP contribution in [-0.4, -0.2) is 68.8 Å². The predicted molar refractivity (Wildman–Crippen MR) is 97.8 cm³/mol. The fourth-order valence-corrected chi connectivity index (χ4v) is 3.74. The van der Waals surface area contributed by atoms with Crippen LogP contribution in [0.1, 0.15) is 24.5 Å². The maximum atomic E-state index is 12.9. The molecule has 2 aliphatic heterocycles. The van der Waals surface area contributed by atoms with Crippen LogP contribution in [0.5, 0.6) is 0 Å². The molecule has 0 radical (unpaired) electrons. The molecule has 1 atom stereocenters. The van der Waals surface area contributed by atoms with Gasteiger partial charge in [-0.2, -0.15) is 0 Å². The van der Waals surface area contributed by atoms with Crippen LogP contribution in [0.3, 0.4) is 0 Å². The highest BCUT2D eigenvalue weighted by atomic mass is 35.5. The Balaban J connectivity index is 1.53. The number of methoxy groups -OCH3 is 1. The van der Waals surface area contributed by atoms with Gasteiger partial charge >= 0.3 is 0 Å². The maximum Gasteiger partial charge on any atom is 0.225 e. The minimum atomic E-state index is -0.0586. The molecule has 2 saturated heterocycles. The quantitative estimate of drug-likeness (QED) is 0.803. The SMILES string of the molecule is COCCN1CCC(C(=O)N2CCO[C@H](c3ccc(Cl)cc3)C2)CC1. The topological polar surface area (TPSA) is 42.0 Å². The van der Waals surface area contributed by atoms with Crippen LogP contribution >= 0.6 is 11.6 Å². The number of hydrogen-bond donors (Lipinski definition) is 0. The van der Waals surface area contributed by atoms with Crippen LogP contribution in [0, 0.1) is 5.92 Å². The number of ether oxygens (including phenoxy) is 2. The van der Waals surface area contributed by atoms with Gasteiger partial charge in [0.05, 0.1) is 19.8 Å². The first-order valence-corrected chi connectivity index (χ1v) is 9.42. The summed E-state index contributed by atoms with van der Waals surface area (Å²) < 4.78 is 11.0. The molecule has 25 heavy (non-hydrogen) atoms. The second kappa shape index (κ2) is 8.99. The third-order valence-electron chi connectivity index (χ3n) is 5.17. The lowest BCUT2D eigenvalue weighted by molar-refractivity contribution is -0.145. The standard InChI is InChI=1S/C19H27ClN2O3/c1-24-12-10-21-8-6-16(7-9-21)19(23)22-11-13-25-18(14-22)15-2-4-17(20)5-3-15/h2-5,16,18H,6-14H2,1H3/t18-/m0/s1. The third kappa shape index (κ3) is 4.94. The van der Waals surface area contributed by atoms with Crippen molar-refractivity contribution in [2.75, 3.05) is 53.0 Å². The molecule has 1 amide bonds. The van der Waals surface area contributed by atoms with Gasteiger partial charge in [-0.1, -0.05) is 23.7 Å². The summed E-state index contributed by atoms with van der Waals surface area (Å²) in [4.78, 5) is 17.3. The van der Waals surface area contributed by atoms with E-state index in [0.717, 1.165) is 44.6 Å². The Hall–Kier alpha value is -1.14. The van der Waals surface area contributed by atoms with Gasteiger partial charge in [0, 0.05) is 31.1 Å². The number of halogens is 1. The zero-order valence-corrected chi connectivity index (χ0v) is 15.6. The molecule has 2 aliphatic rings. The summed E-state index contributed by atoms with van der Waals surface area (Å²) in [5.74, 6) is 0.427. The maximum absolute atomic E-state index is 12.9. The summed E-state index contributed by atoms with van der Waals surface area (Å²) in [6.07, 6.45) is 1.81. The number of amides is 1. The van der Waals surface area contributed by atoms with E-state index >= 15 is 0 Å². The number of rotatable bonds is 5. The summed E-state index contributed by atoms with van der Waals surface area (Å²) in [6, 6.07) is 7.71. The van der Waals surface area contributed by atoms with Crippen molar-refractivity contribution < 1.29 is 14.3 Å². The molecule has 0 unspecified atom stereocenters. The van der Waals surface area contributed by atoms with Crippen molar-refractivity contribution in [1.29, 1.82) is 0 Å². The molecule has 5 nitrogen and oxygen atoms in total. The van der Waals surface area contributed by atoms with Crippen molar-refractivity contribution in [3.8, 4) is 0 Å². The van der Waals surface area contributed by atoms with Gasteiger partial charge in [0.2, 0.25) is 5.91 Å². The number of carbonyl (C=O) groups is 1. The van der Waals surface area contributed by atoms with Crippen molar-refractivity contribution >= 4 is 17.5 Å². The Morgan fingerprint density at radius 1 is 1.24 bits per heavy atom. The summed E-state index contributed by atoms with van der Waals surface area (Å²) >= 11 is 5.96. The van der Waals surface area contributed by atoms with Crippen molar-refractivity contribution in [3.05, 3.63) is 34.9 Å². The number of morpholine rings is 1. The van der Waals surface area contributed by atoms with Gasteiger partial charge in [-0.25, -0.2) is 0 Å². The van der Waals surface area contributed by atoms with Gasteiger partial charge in [-0.15, -0.1) is 0 Å². The normalized spacial score (nSPS) is 23.0. The fourth-order valence-electron chi connectivity index (χ4n) is 3.61. The fraction of sp³-hybridized carbons (Fsp3) is 0.632. The first-order chi connectivity index (χ1) is 12.2. The number of benzene rings is 1. The molecule has 0 N–H and O–H groups in total. The molecule has 1 aromatic carbocycles. The molecule has 0 spiro atoms. The molecule has 2 heterocycles. The lowest BCUT2D eigenvalue weighted by atomic mass is 9.94. The van der Waals surface area contributed by atoms with E-state index in [1.54, 1.807) is 7.11 Å². The van der Waals surface area contributed by atoms with Crippen molar-refractivity contribution in [3.63, 3.8) is 0 Å². The van der Waals surface area contributed by atoms with Crippen molar-refractivity contribution in [2.24, 2.45) is 5.92 Å². The first-order valence-electron chi connectivity index (χ1n) is 9.04.